The number of anilines is 1. The van der Waals surface area contributed by atoms with Crippen molar-refractivity contribution in [1.29, 1.82) is 0 Å². The summed E-state index contributed by atoms with van der Waals surface area (Å²) in [6.45, 7) is -5.74. The Bertz CT molecular complexity index is 1520. The average molecular weight is 593 g/mol. The molecule has 0 amide bonds. The number of halogens is 2. The van der Waals surface area contributed by atoms with Gasteiger partial charge in [-0.25, -0.2) is 28.5 Å². The Hall–Kier alpha value is -2.74. The molecule has 2 fully saturated rings. The minimum Gasteiger partial charge on any atom is -0.394 e. The van der Waals surface area contributed by atoms with Gasteiger partial charge in [0.15, 0.2) is 36.3 Å². The fourth-order valence-corrected chi connectivity index (χ4v) is 5.73. The molecule has 3 unspecified atom stereocenters. The minimum absolute atomic E-state index is 0.0571. The molecule has 20 heteroatoms. The maximum Gasteiger partial charge on any atom is 0.330 e. The standard InChI is InChI=1S/C19H22F2N7O9PS/c20-10-13(31)8(36-17(10)28-6-25-12-15(22)23-5-24-16(12)28)4-34-38(33,39)37-14-7(3-29)35-18(11(14)21)27-2-1-9(30)26-19(27)32/h1-2,5-8,10-11,13-14,17-18,29,31H,3-4H2,(H,33,39)(H2,22,23,24)(H,26,30,32)/t7-,8-,10+,11+,13?,14?,17-,18-,38?/m1/s1. The molecule has 3 aromatic heterocycles. The first kappa shape index (κ1) is 27.8. The molecule has 0 bridgehead atoms. The monoisotopic (exact) mass is 593 g/mol. The molecular weight excluding hydrogens is 571 g/mol. The lowest BCUT2D eigenvalue weighted by Gasteiger charge is -2.25. The summed E-state index contributed by atoms with van der Waals surface area (Å²) < 4.78 is 53.6. The predicted octanol–water partition coefficient (Wildman–Crippen LogP) is -1.60. The summed E-state index contributed by atoms with van der Waals surface area (Å²) in [4.78, 5) is 47.7. The Labute approximate surface area is 221 Å². The third-order valence-electron chi connectivity index (χ3n) is 6.18. The number of nitrogens with one attached hydrogen (secondary N) is 1. The van der Waals surface area contributed by atoms with E-state index in [4.69, 9.17) is 36.1 Å². The highest BCUT2D eigenvalue weighted by Crippen LogP contribution is 2.50. The van der Waals surface area contributed by atoms with Crippen molar-refractivity contribution in [2.45, 2.75) is 49.2 Å². The molecule has 5 heterocycles. The van der Waals surface area contributed by atoms with Gasteiger partial charge in [0, 0.05) is 12.3 Å². The molecule has 0 saturated carbocycles. The highest BCUT2D eigenvalue weighted by molar-refractivity contribution is 8.07. The normalized spacial score (nSPS) is 32.5. The number of nitrogen functional groups attached to an aromatic ring is 1. The van der Waals surface area contributed by atoms with Crippen LogP contribution in [0.4, 0.5) is 14.6 Å². The maximum atomic E-state index is 15.3. The summed E-state index contributed by atoms with van der Waals surface area (Å²) in [5, 5.41) is 20.0. The Morgan fingerprint density at radius 3 is 2.59 bits per heavy atom. The SMILES string of the molecule is Nc1ncnc2c1ncn2[C@@H]1O[C@H](COP(O)(=S)OC2[C@@H](CO)O[C@@H](n3ccc(=O)[nH]c3=O)[C@H]2F)C(O)[C@@H]1F. The molecule has 2 saturated heterocycles. The topological polar surface area (TPSA) is 222 Å². The van der Waals surface area contributed by atoms with Gasteiger partial charge in [-0.05, 0) is 11.8 Å². The van der Waals surface area contributed by atoms with Crippen LogP contribution in [0, 0.1) is 0 Å². The Morgan fingerprint density at radius 1 is 1.15 bits per heavy atom. The largest absolute Gasteiger partial charge is 0.394 e. The second-order valence-electron chi connectivity index (χ2n) is 8.63. The second-order valence-corrected chi connectivity index (χ2v) is 11.4. The number of alkyl halides is 2. The third kappa shape index (κ3) is 5.24. The predicted molar refractivity (Wildman–Crippen MR) is 129 cm³/mol. The molecule has 9 atom stereocenters. The Balaban J connectivity index is 1.26. The summed E-state index contributed by atoms with van der Waals surface area (Å²) in [7, 11) is 0. The summed E-state index contributed by atoms with van der Waals surface area (Å²) >= 11 is 4.95. The van der Waals surface area contributed by atoms with Crippen molar-refractivity contribution >= 4 is 35.5 Å². The van der Waals surface area contributed by atoms with Gasteiger partial charge in [0.2, 0.25) is 0 Å². The summed E-state index contributed by atoms with van der Waals surface area (Å²) in [6.07, 6.45) is -9.91. The number of fused-ring (bicyclic) bond motifs is 1. The van der Waals surface area contributed by atoms with E-state index in [1.807, 2.05) is 4.98 Å². The van der Waals surface area contributed by atoms with Gasteiger partial charge in [0.05, 0.1) is 19.5 Å². The number of aromatic amines is 1. The number of nitrogens with two attached hydrogens (primary N) is 1. The van der Waals surface area contributed by atoms with Crippen LogP contribution in [-0.2, 0) is 30.3 Å². The van der Waals surface area contributed by atoms with Gasteiger partial charge in [-0.1, -0.05) is 0 Å². The van der Waals surface area contributed by atoms with Crippen LogP contribution in [0.2, 0.25) is 0 Å². The molecular formula is C19H22F2N7O9PS. The van der Waals surface area contributed by atoms with E-state index in [1.54, 1.807) is 0 Å². The van der Waals surface area contributed by atoms with Crippen molar-refractivity contribution < 1.29 is 42.4 Å². The third-order valence-corrected chi connectivity index (χ3v) is 7.74. The Morgan fingerprint density at radius 2 is 1.87 bits per heavy atom. The highest BCUT2D eigenvalue weighted by atomic mass is 32.5. The van der Waals surface area contributed by atoms with Crippen LogP contribution in [0.3, 0.4) is 0 Å². The van der Waals surface area contributed by atoms with Crippen molar-refractivity contribution in [3.05, 3.63) is 45.8 Å². The van der Waals surface area contributed by atoms with Crippen LogP contribution in [0.5, 0.6) is 0 Å². The summed E-state index contributed by atoms with van der Waals surface area (Å²) in [5.74, 6) is 0.0571. The maximum absolute atomic E-state index is 15.3. The molecule has 2 aliphatic heterocycles. The molecule has 0 radical (unpaired) electrons. The van der Waals surface area contributed by atoms with Gasteiger partial charge < -0.3 is 34.8 Å². The number of hydrogen-bond acceptors (Lipinski definition) is 13. The lowest BCUT2D eigenvalue weighted by Crippen LogP contribution is -2.36. The van der Waals surface area contributed by atoms with E-state index in [2.05, 4.69) is 15.0 Å². The molecule has 2 aliphatic rings. The smallest absolute Gasteiger partial charge is 0.330 e. The van der Waals surface area contributed by atoms with Crippen molar-refractivity contribution in [3.8, 4) is 0 Å². The van der Waals surface area contributed by atoms with Crippen LogP contribution >= 0.6 is 6.72 Å². The quantitative estimate of drug-likeness (QED) is 0.186. The van der Waals surface area contributed by atoms with Crippen LogP contribution in [0.1, 0.15) is 12.5 Å². The van der Waals surface area contributed by atoms with Crippen LogP contribution in [-0.4, -0.2) is 94.1 Å². The van der Waals surface area contributed by atoms with E-state index in [9.17, 15) is 29.1 Å². The number of aliphatic hydroxyl groups excluding tert-OH is 2. The van der Waals surface area contributed by atoms with Crippen molar-refractivity contribution in [2.24, 2.45) is 0 Å². The van der Waals surface area contributed by atoms with Gasteiger partial charge in [0.25, 0.3) is 5.56 Å². The molecule has 6 N–H and O–H groups in total. The highest BCUT2D eigenvalue weighted by Gasteiger charge is 2.50. The summed E-state index contributed by atoms with van der Waals surface area (Å²) in [5.41, 5.74) is 4.40. The van der Waals surface area contributed by atoms with E-state index in [0.717, 1.165) is 23.2 Å². The summed E-state index contributed by atoms with van der Waals surface area (Å²) in [6, 6.07) is 0.964. The number of rotatable bonds is 8. The van der Waals surface area contributed by atoms with Gasteiger partial charge >= 0.3 is 12.4 Å². The number of H-pyrrole nitrogens is 1. The number of ether oxygens (including phenoxy) is 2. The molecule has 212 valence electrons. The second kappa shape index (κ2) is 10.7. The van der Waals surface area contributed by atoms with E-state index in [1.165, 1.54) is 10.9 Å². The Kier molecular flexibility index (Phi) is 7.61. The first-order valence-corrected chi connectivity index (χ1v) is 13.9. The number of imidazole rings is 1. The van der Waals surface area contributed by atoms with Crippen molar-refractivity contribution in [3.63, 3.8) is 0 Å². The first-order chi connectivity index (χ1) is 18.5. The van der Waals surface area contributed by atoms with Crippen molar-refractivity contribution in [2.75, 3.05) is 18.9 Å². The molecule has 5 rings (SSSR count). The lowest BCUT2D eigenvalue weighted by atomic mass is 10.1. The number of nitrogens with zero attached hydrogens (tertiary/aromatic N) is 5. The van der Waals surface area contributed by atoms with E-state index in [-0.39, 0.29) is 17.0 Å². The fraction of sp³-hybridized carbons (Fsp3) is 0.526. The van der Waals surface area contributed by atoms with Crippen molar-refractivity contribution in [1.82, 2.24) is 29.1 Å². The molecule has 0 aliphatic carbocycles. The van der Waals surface area contributed by atoms with Crippen LogP contribution in [0.25, 0.3) is 11.2 Å². The number of hydrogen-bond donors (Lipinski definition) is 5. The zero-order valence-corrected chi connectivity index (χ0v) is 21.3. The number of aliphatic hydroxyl groups is 2. The van der Waals surface area contributed by atoms with Gasteiger partial charge in [0.1, 0.15) is 36.3 Å². The van der Waals surface area contributed by atoms with Crippen LogP contribution < -0.4 is 17.0 Å². The molecule has 16 nitrogen and oxygen atoms in total. The van der Waals surface area contributed by atoms with Crippen LogP contribution in [0.15, 0.2) is 34.5 Å². The average Bonchev–Trinajstić information content (AvgIpc) is 3.53. The molecule has 0 spiro atoms. The molecule has 39 heavy (non-hydrogen) atoms. The van der Waals surface area contributed by atoms with E-state index >= 15 is 4.39 Å². The van der Waals surface area contributed by atoms with E-state index < -0.39 is 80.4 Å². The first-order valence-electron chi connectivity index (χ1n) is 11.3. The van der Waals surface area contributed by atoms with E-state index in [0.29, 0.717) is 0 Å². The molecule has 0 aromatic carbocycles. The zero-order chi connectivity index (χ0) is 28.1. The van der Waals surface area contributed by atoms with Gasteiger partial charge in [-0.2, -0.15) is 0 Å². The number of aromatic nitrogens is 6. The minimum atomic E-state index is -4.30. The lowest BCUT2D eigenvalue weighted by molar-refractivity contribution is -0.0535. The molecule has 3 aromatic rings. The zero-order valence-electron chi connectivity index (χ0n) is 19.6. The van der Waals surface area contributed by atoms with Gasteiger partial charge in [-0.3, -0.25) is 23.4 Å². The van der Waals surface area contributed by atoms with Gasteiger partial charge in [-0.15, -0.1) is 0 Å². The fourth-order valence-electron chi connectivity index (χ4n) is 4.29.